The van der Waals surface area contributed by atoms with Crippen molar-refractivity contribution >= 4 is 17.0 Å². The summed E-state index contributed by atoms with van der Waals surface area (Å²) >= 11 is 1.71. The highest BCUT2D eigenvalue weighted by molar-refractivity contribution is 7.11. The number of nitrogens with one attached hydrogen (secondary N) is 1. The van der Waals surface area contributed by atoms with Crippen LogP contribution in [0.4, 0.5) is 5.69 Å². The van der Waals surface area contributed by atoms with Crippen molar-refractivity contribution in [3.8, 4) is 11.5 Å². The van der Waals surface area contributed by atoms with Gasteiger partial charge in [0.1, 0.15) is 0 Å². The fourth-order valence-corrected chi connectivity index (χ4v) is 2.70. The van der Waals surface area contributed by atoms with Gasteiger partial charge in [-0.05, 0) is 37.6 Å². The van der Waals surface area contributed by atoms with Gasteiger partial charge >= 0.3 is 0 Å². The van der Waals surface area contributed by atoms with E-state index >= 15 is 0 Å². The molecular weight excluding hydrogens is 272 g/mol. The van der Waals surface area contributed by atoms with Crippen LogP contribution in [0, 0.1) is 13.8 Å². The van der Waals surface area contributed by atoms with Gasteiger partial charge in [-0.15, -0.1) is 21.5 Å². The number of hydrogen-bond acceptors (Lipinski definition) is 6. The van der Waals surface area contributed by atoms with E-state index in [1.165, 1.54) is 11.3 Å². The van der Waals surface area contributed by atoms with E-state index < -0.39 is 0 Å². The summed E-state index contributed by atoms with van der Waals surface area (Å²) < 4.78 is 5.20. The van der Waals surface area contributed by atoms with Crippen molar-refractivity contribution < 1.29 is 4.42 Å². The first-order valence-electron chi connectivity index (χ1n) is 6.25. The number of thiazole rings is 1. The third-order valence-electron chi connectivity index (χ3n) is 2.96. The lowest BCUT2D eigenvalue weighted by atomic mass is 10.1. The van der Waals surface area contributed by atoms with Crippen LogP contribution in [0.25, 0.3) is 11.5 Å². The van der Waals surface area contributed by atoms with Crippen molar-refractivity contribution in [3.05, 3.63) is 46.2 Å². The van der Waals surface area contributed by atoms with Crippen molar-refractivity contribution in [1.29, 1.82) is 0 Å². The second-order valence-electron chi connectivity index (χ2n) is 4.47. The molecule has 0 radical (unpaired) electrons. The molecule has 6 heteroatoms. The van der Waals surface area contributed by atoms with E-state index in [2.05, 4.69) is 27.4 Å². The van der Waals surface area contributed by atoms with E-state index in [-0.39, 0.29) is 0 Å². The van der Waals surface area contributed by atoms with Gasteiger partial charge in [-0.1, -0.05) is 0 Å². The van der Waals surface area contributed by atoms with Crippen LogP contribution < -0.4 is 5.32 Å². The molecule has 102 valence electrons. The summed E-state index contributed by atoms with van der Waals surface area (Å²) in [5, 5.41) is 12.1. The fraction of sp³-hybridized carbons (Fsp3) is 0.214. The van der Waals surface area contributed by atoms with Gasteiger partial charge in [0, 0.05) is 22.3 Å². The quantitative estimate of drug-likeness (QED) is 0.796. The molecule has 0 bridgehead atoms. The summed E-state index contributed by atoms with van der Waals surface area (Å²) in [6.45, 7) is 4.85. The Morgan fingerprint density at radius 2 is 2.20 bits per heavy atom. The average Bonchev–Trinajstić information content (AvgIpc) is 3.08. The highest BCUT2D eigenvalue weighted by Gasteiger charge is 2.06. The van der Waals surface area contributed by atoms with Crippen molar-refractivity contribution in [2.45, 2.75) is 20.4 Å². The Balaban J connectivity index is 1.74. The zero-order valence-electron chi connectivity index (χ0n) is 11.3. The first kappa shape index (κ1) is 12.8. The highest BCUT2D eigenvalue weighted by Crippen LogP contribution is 2.24. The van der Waals surface area contributed by atoms with Crippen molar-refractivity contribution in [2.24, 2.45) is 0 Å². The molecule has 1 N–H and O–H groups in total. The highest BCUT2D eigenvalue weighted by atomic mass is 32.1. The Kier molecular flexibility index (Phi) is 3.47. The van der Waals surface area contributed by atoms with Gasteiger partial charge in [0.25, 0.3) is 0 Å². The van der Waals surface area contributed by atoms with Crippen LogP contribution in [-0.2, 0) is 6.54 Å². The maximum absolute atomic E-state index is 5.20. The smallest absolute Gasteiger partial charge is 0.247 e. The third-order valence-corrected chi connectivity index (χ3v) is 3.87. The first-order chi connectivity index (χ1) is 9.72. The average molecular weight is 286 g/mol. The molecular formula is C14H14N4OS. The van der Waals surface area contributed by atoms with Gasteiger partial charge in [-0.3, -0.25) is 0 Å². The van der Waals surface area contributed by atoms with Gasteiger partial charge in [-0.25, -0.2) is 4.98 Å². The number of hydrogen-bond donors (Lipinski definition) is 1. The number of nitrogens with zero attached hydrogens (tertiary/aromatic N) is 3. The number of anilines is 1. The van der Waals surface area contributed by atoms with Gasteiger partial charge < -0.3 is 9.73 Å². The van der Waals surface area contributed by atoms with Crippen LogP contribution in [0.2, 0.25) is 0 Å². The second-order valence-corrected chi connectivity index (χ2v) is 5.79. The number of benzene rings is 1. The first-order valence-corrected chi connectivity index (χ1v) is 7.06. The minimum Gasteiger partial charge on any atom is -0.423 e. The van der Waals surface area contributed by atoms with E-state index in [0.717, 1.165) is 28.4 Å². The van der Waals surface area contributed by atoms with Crippen molar-refractivity contribution in [2.75, 3.05) is 5.32 Å². The molecule has 5 nitrogen and oxygen atoms in total. The molecule has 0 aliphatic heterocycles. The monoisotopic (exact) mass is 286 g/mol. The molecule has 0 fully saturated rings. The maximum atomic E-state index is 5.20. The van der Waals surface area contributed by atoms with Crippen molar-refractivity contribution in [3.63, 3.8) is 0 Å². The van der Waals surface area contributed by atoms with Gasteiger partial charge in [0.2, 0.25) is 12.3 Å². The molecule has 0 atom stereocenters. The molecule has 2 aromatic heterocycles. The van der Waals surface area contributed by atoms with E-state index in [1.54, 1.807) is 11.3 Å². The molecule has 3 aromatic rings. The molecule has 0 aliphatic carbocycles. The van der Waals surface area contributed by atoms with Crippen LogP contribution in [-0.4, -0.2) is 15.2 Å². The predicted octanol–water partition coefficient (Wildman–Crippen LogP) is 3.42. The summed E-state index contributed by atoms with van der Waals surface area (Å²) in [4.78, 5) is 5.47. The Hall–Kier alpha value is -2.21. The Morgan fingerprint density at radius 3 is 2.85 bits per heavy atom. The summed E-state index contributed by atoms with van der Waals surface area (Å²) in [5.74, 6) is 0.540. The topological polar surface area (TPSA) is 63.8 Å². The van der Waals surface area contributed by atoms with Gasteiger partial charge in [0.05, 0.1) is 11.6 Å². The summed E-state index contributed by atoms with van der Waals surface area (Å²) in [6, 6.07) is 6.04. The minimum atomic E-state index is 0.540. The molecule has 3 rings (SSSR count). The largest absolute Gasteiger partial charge is 0.423 e. The third kappa shape index (κ3) is 2.70. The number of aromatic nitrogens is 3. The number of rotatable bonds is 4. The van der Waals surface area contributed by atoms with E-state index in [4.69, 9.17) is 4.42 Å². The van der Waals surface area contributed by atoms with Crippen LogP contribution >= 0.6 is 11.3 Å². The number of aryl methyl sites for hydroxylation is 2. The molecule has 0 saturated heterocycles. The summed E-state index contributed by atoms with van der Waals surface area (Å²) in [7, 11) is 0. The zero-order chi connectivity index (χ0) is 13.9. The Bertz CT molecular complexity index is 706. The van der Waals surface area contributed by atoms with E-state index in [1.807, 2.05) is 31.3 Å². The molecule has 2 heterocycles. The molecule has 20 heavy (non-hydrogen) atoms. The molecule has 0 spiro atoms. The van der Waals surface area contributed by atoms with Crippen LogP contribution in [0.1, 0.15) is 15.4 Å². The molecule has 0 saturated carbocycles. The van der Waals surface area contributed by atoms with Gasteiger partial charge in [0.15, 0.2) is 0 Å². The molecule has 0 unspecified atom stereocenters. The van der Waals surface area contributed by atoms with Crippen molar-refractivity contribution in [1.82, 2.24) is 15.2 Å². The zero-order valence-corrected chi connectivity index (χ0v) is 12.1. The Morgan fingerprint density at radius 1 is 1.30 bits per heavy atom. The molecule has 0 amide bonds. The normalized spacial score (nSPS) is 10.7. The standard InChI is InChI=1S/C14H14N4OS/c1-9-5-11(14-18-17-8-19-14)3-4-13(9)16-7-12-6-15-10(2)20-12/h3-6,8,16H,7H2,1-2H3. The van der Waals surface area contributed by atoms with E-state index in [0.29, 0.717) is 5.89 Å². The predicted molar refractivity (Wildman–Crippen MR) is 78.6 cm³/mol. The lowest BCUT2D eigenvalue weighted by Crippen LogP contribution is -1.99. The summed E-state index contributed by atoms with van der Waals surface area (Å²) in [5.41, 5.74) is 3.17. The molecule has 1 aromatic carbocycles. The second kappa shape index (κ2) is 5.42. The fourth-order valence-electron chi connectivity index (χ4n) is 1.96. The van der Waals surface area contributed by atoms with Crippen LogP contribution in [0.15, 0.2) is 35.2 Å². The molecule has 0 aliphatic rings. The van der Waals surface area contributed by atoms with Crippen LogP contribution in [0.3, 0.4) is 0 Å². The SMILES string of the molecule is Cc1ncc(CNc2ccc(-c3nnco3)cc2C)s1. The Labute approximate surface area is 120 Å². The maximum Gasteiger partial charge on any atom is 0.247 e. The minimum absolute atomic E-state index is 0.540. The lowest BCUT2D eigenvalue weighted by Gasteiger charge is -2.09. The van der Waals surface area contributed by atoms with Crippen LogP contribution in [0.5, 0.6) is 0 Å². The van der Waals surface area contributed by atoms with E-state index in [9.17, 15) is 0 Å². The summed E-state index contributed by atoms with van der Waals surface area (Å²) in [6.07, 6.45) is 3.25. The lowest BCUT2D eigenvalue weighted by molar-refractivity contribution is 0.568. The van der Waals surface area contributed by atoms with Gasteiger partial charge in [-0.2, -0.15) is 0 Å².